The quantitative estimate of drug-likeness (QED) is 0.661. The van der Waals surface area contributed by atoms with E-state index in [9.17, 15) is 0 Å². The van der Waals surface area contributed by atoms with Crippen molar-refractivity contribution in [3.05, 3.63) is 18.2 Å². The zero-order chi connectivity index (χ0) is 14.7. The van der Waals surface area contributed by atoms with Crippen LogP contribution in [0.4, 0.5) is 0 Å². The van der Waals surface area contributed by atoms with Crippen molar-refractivity contribution in [3.8, 4) is 0 Å². The van der Waals surface area contributed by atoms with E-state index in [2.05, 4.69) is 35.0 Å². The van der Waals surface area contributed by atoms with Crippen LogP contribution in [0.2, 0.25) is 0 Å². The monoisotopic (exact) mass is 288 g/mol. The molecule has 4 heteroatoms. The maximum Gasteiger partial charge on any atom is 0.127 e. The highest BCUT2D eigenvalue weighted by Crippen LogP contribution is 2.68. The van der Waals surface area contributed by atoms with Crippen molar-refractivity contribution in [2.75, 3.05) is 0 Å². The zero-order valence-electron chi connectivity index (χ0n) is 13.3. The zero-order valence-corrected chi connectivity index (χ0v) is 13.3. The average molecular weight is 288 g/mol. The normalized spacial score (nSPS) is 42.4. The van der Waals surface area contributed by atoms with Gasteiger partial charge in [-0.15, -0.1) is 0 Å². The first-order valence-corrected chi connectivity index (χ1v) is 8.55. The molecule has 3 atom stereocenters. The molecule has 0 amide bonds. The third-order valence-corrected chi connectivity index (χ3v) is 6.52. The molecule has 4 nitrogen and oxygen atoms in total. The van der Waals surface area contributed by atoms with Crippen LogP contribution in [-0.2, 0) is 6.54 Å². The van der Waals surface area contributed by atoms with Gasteiger partial charge in [0, 0.05) is 18.9 Å². The molecule has 1 heterocycles. The first-order valence-electron chi connectivity index (χ1n) is 8.55. The van der Waals surface area contributed by atoms with Gasteiger partial charge in [0.2, 0.25) is 0 Å². The minimum Gasteiger partial charge on any atom is -0.334 e. The molecule has 0 aliphatic heterocycles. The second-order valence-electron chi connectivity index (χ2n) is 8.31. The molecule has 0 saturated heterocycles. The SMILES string of the molecule is CCn1ccnc1C(NN)C12CC3CC(CC(C)(C3)C1)C2. The van der Waals surface area contributed by atoms with Crippen LogP contribution in [0.3, 0.4) is 0 Å². The molecule has 4 fully saturated rings. The van der Waals surface area contributed by atoms with Crippen LogP contribution in [0.25, 0.3) is 0 Å². The highest BCUT2D eigenvalue weighted by molar-refractivity contribution is 5.15. The number of hydrazine groups is 1. The van der Waals surface area contributed by atoms with E-state index in [1.807, 2.05) is 6.20 Å². The molecule has 3 N–H and O–H groups in total. The van der Waals surface area contributed by atoms with E-state index < -0.39 is 0 Å². The van der Waals surface area contributed by atoms with Crippen LogP contribution in [-0.4, -0.2) is 9.55 Å². The van der Waals surface area contributed by atoms with Crippen molar-refractivity contribution in [2.45, 2.75) is 65.0 Å². The van der Waals surface area contributed by atoms with Crippen molar-refractivity contribution in [1.82, 2.24) is 15.0 Å². The highest BCUT2D eigenvalue weighted by Gasteiger charge is 2.59. The number of imidazole rings is 1. The van der Waals surface area contributed by atoms with Crippen molar-refractivity contribution in [1.29, 1.82) is 0 Å². The van der Waals surface area contributed by atoms with E-state index in [0.29, 0.717) is 10.8 Å². The Balaban J connectivity index is 1.73. The fourth-order valence-corrected chi connectivity index (χ4v) is 6.51. The fourth-order valence-electron chi connectivity index (χ4n) is 6.51. The molecule has 5 rings (SSSR count). The summed E-state index contributed by atoms with van der Waals surface area (Å²) in [6.07, 6.45) is 12.3. The lowest BCUT2D eigenvalue weighted by Gasteiger charge is -2.63. The van der Waals surface area contributed by atoms with E-state index in [1.165, 1.54) is 38.5 Å². The van der Waals surface area contributed by atoms with Gasteiger partial charge in [0.05, 0.1) is 6.04 Å². The summed E-state index contributed by atoms with van der Waals surface area (Å²) in [5.41, 5.74) is 4.04. The summed E-state index contributed by atoms with van der Waals surface area (Å²) in [6.45, 7) is 5.66. The second kappa shape index (κ2) is 4.56. The molecule has 4 aliphatic carbocycles. The van der Waals surface area contributed by atoms with Crippen molar-refractivity contribution < 1.29 is 0 Å². The number of nitrogens with zero attached hydrogens (tertiary/aromatic N) is 2. The molecule has 3 unspecified atom stereocenters. The molecular weight excluding hydrogens is 260 g/mol. The molecule has 1 aromatic rings. The van der Waals surface area contributed by atoms with Crippen LogP contribution in [0.1, 0.15) is 64.2 Å². The van der Waals surface area contributed by atoms with Gasteiger partial charge in [-0.25, -0.2) is 10.4 Å². The van der Waals surface area contributed by atoms with Crippen LogP contribution >= 0.6 is 0 Å². The lowest BCUT2D eigenvalue weighted by molar-refractivity contribution is -0.120. The van der Waals surface area contributed by atoms with Gasteiger partial charge in [-0.05, 0) is 68.1 Å². The Hall–Kier alpha value is -0.870. The number of hydrogen-bond acceptors (Lipinski definition) is 3. The van der Waals surface area contributed by atoms with Gasteiger partial charge in [-0.1, -0.05) is 6.92 Å². The summed E-state index contributed by atoms with van der Waals surface area (Å²) in [6, 6.07) is 0.206. The van der Waals surface area contributed by atoms with E-state index in [4.69, 9.17) is 5.84 Å². The summed E-state index contributed by atoms with van der Waals surface area (Å²) >= 11 is 0. The van der Waals surface area contributed by atoms with Crippen LogP contribution in [0.5, 0.6) is 0 Å². The molecule has 21 heavy (non-hydrogen) atoms. The molecule has 4 aliphatic rings. The third kappa shape index (κ3) is 1.99. The van der Waals surface area contributed by atoms with Crippen LogP contribution in [0.15, 0.2) is 12.4 Å². The third-order valence-electron chi connectivity index (χ3n) is 6.52. The van der Waals surface area contributed by atoms with Crippen LogP contribution in [0, 0.1) is 22.7 Å². The minimum absolute atomic E-state index is 0.206. The second-order valence-corrected chi connectivity index (χ2v) is 8.31. The number of hydrogen-bond donors (Lipinski definition) is 2. The Morgan fingerprint density at radius 1 is 1.38 bits per heavy atom. The summed E-state index contributed by atoms with van der Waals surface area (Å²) < 4.78 is 2.26. The van der Waals surface area contributed by atoms with Gasteiger partial charge in [-0.2, -0.15) is 0 Å². The lowest BCUT2D eigenvalue weighted by Crippen LogP contribution is -2.56. The molecule has 0 radical (unpaired) electrons. The first-order chi connectivity index (χ1) is 10.1. The molecule has 4 bridgehead atoms. The van der Waals surface area contributed by atoms with E-state index in [1.54, 1.807) is 0 Å². The fraction of sp³-hybridized carbons (Fsp3) is 0.824. The number of aryl methyl sites for hydroxylation is 1. The first kappa shape index (κ1) is 13.8. The maximum atomic E-state index is 6.05. The number of rotatable bonds is 4. The smallest absolute Gasteiger partial charge is 0.127 e. The molecule has 116 valence electrons. The summed E-state index contributed by atoms with van der Waals surface area (Å²) in [5, 5.41) is 0. The molecule has 0 spiro atoms. The minimum atomic E-state index is 0.206. The molecule has 4 saturated carbocycles. The predicted octanol–water partition coefficient (Wildman–Crippen LogP) is 3.01. The summed E-state index contributed by atoms with van der Waals surface area (Å²) in [7, 11) is 0. The van der Waals surface area contributed by atoms with Crippen LogP contribution < -0.4 is 11.3 Å². The van der Waals surface area contributed by atoms with Gasteiger partial charge in [0.25, 0.3) is 0 Å². The lowest BCUT2D eigenvalue weighted by atomic mass is 9.43. The Morgan fingerprint density at radius 3 is 2.67 bits per heavy atom. The topological polar surface area (TPSA) is 55.9 Å². The Bertz CT molecular complexity index is 521. The molecular formula is C17H28N4. The standard InChI is InChI=1S/C17H28N4/c1-3-21-5-4-19-15(21)14(20-18)17-9-12-6-13(10-17)8-16(2,7-12)11-17/h4-5,12-14,20H,3,6-11,18H2,1-2H3. The van der Waals surface area contributed by atoms with Gasteiger partial charge in [-0.3, -0.25) is 5.84 Å². The van der Waals surface area contributed by atoms with Gasteiger partial charge >= 0.3 is 0 Å². The highest BCUT2D eigenvalue weighted by atomic mass is 15.3. The number of nitrogens with one attached hydrogen (secondary N) is 1. The van der Waals surface area contributed by atoms with Crippen molar-refractivity contribution in [3.63, 3.8) is 0 Å². The van der Waals surface area contributed by atoms with E-state index >= 15 is 0 Å². The van der Waals surface area contributed by atoms with Gasteiger partial charge in [0.15, 0.2) is 0 Å². The van der Waals surface area contributed by atoms with Gasteiger partial charge in [0.1, 0.15) is 5.82 Å². The van der Waals surface area contributed by atoms with Crippen molar-refractivity contribution >= 4 is 0 Å². The Labute approximate surface area is 127 Å². The number of nitrogens with two attached hydrogens (primary N) is 1. The van der Waals surface area contributed by atoms with Crippen molar-refractivity contribution in [2.24, 2.45) is 28.5 Å². The Kier molecular flexibility index (Phi) is 2.99. The maximum absolute atomic E-state index is 6.05. The molecule has 0 aromatic carbocycles. The van der Waals surface area contributed by atoms with E-state index in [0.717, 1.165) is 24.2 Å². The largest absolute Gasteiger partial charge is 0.334 e. The summed E-state index contributed by atoms with van der Waals surface area (Å²) in [5.74, 6) is 9.02. The predicted molar refractivity (Wildman–Crippen MR) is 83.2 cm³/mol. The van der Waals surface area contributed by atoms with E-state index in [-0.39, 0.29) is 6.04 Å². The Morgan fingerprint density at radius 2 is 2.10 bits per heavy atom. The average Bonchev–Trinajstić information content (AvgIpc) is 2.84. The number of aromatic nitrogens is 2. The van der Waals surface area contributed by atoms with Gasteiger partial charge < -0.3 is 4.57 Å². The summed E-state index contributed by atoms with van der Waals surface area (Å²) in [4.78, 5) is 4.66. The molecule has 1 aromatic heterocycles.